The normalized spacial score (nSPS) is 19.6. The molecule has 5 nitrogen and oxygen atoms in total. The van der Waals surface area contributed by atoms with Crippen molar-refractivity contribution < 1.29 is 19.1 Å². The minimum absolute atomic E-state index is 0.143. The second kappa shape index (κ2) is 10.2. The number of thioether (sulfide) groups is 1. The number of para-hydroxylation sites is 1. The lowest BCUT2D eigenvalue weighted by Gasteiger charge is -2.29. The van der Waals surface area contributed by atoms with Crippen LogP contribution in [0.3, 0.4) is 0 Å². The van der Waals surface area contributed by atoms with E-state index in [1.165, 1.54) is 18.7 Å². The van der Waals surface area contributed by atoms with Gasteiger partial charge in [0.25, 0.3) is 5.91 Å². The van der Waals surface area contributed by atoms with Crippen LogP contribution in [-0.2, 0) is 14.3 Å². The number of carbonyl (C=O) groups is 2. The van der Waals surface area contributed by atoms with Crippen molar-refractivity contribution in [1.29, 1.82) is 0 Å². The largest absolute Gasteiger partial charge is 0.497 e. The lowest BCUT2D eigenvalue weighted by atomic mass is 10.0. The highest BCUT2D eigenvalue weighted by Gasteiger charge is 2.41. The van der Waals surface area contributed by atoms with Gasteiger partial charge < -0.3 is 14.4 Å². The van der Waals surface area contributed by atoms with Crippen molar-refractivity contribution in [3.63, 3.8) is 0 Å². The summed E-state index contributed by atoms with van der Waals surface area (Å²) in [5.41, 5.74) is 1.71. The summed E-state index contributed by atoms with van der Waals surface area (Å²) in [4.78, 5) is 28.3. The monoisotopic (exact) mass is 447 g/mol. The van der Waals surface area contributed by atoms with E-state index in [1.54, 1.807) is 12.0 Å². The summed E-state index contributed by atoms with van der Waals surface area (Å²) in [6.07, 6.45) is -0.0935. The fourth-order valence-electron chi connectivity index (χ4n) is 3.44. The zero-order valence-electron chi connectivity index (χ0n) is 17.3. The summed E-state index contributed by atoms with van der Waals surface area (Å²) in [7, 11) is 1.61. The molecule has 0 spiro atoms. The van der Waals surface area contributed by atoms with Gasteiger partial charge in [-0.15, -0.1) is 23.4 Å². The highest BCUT2D eigenvalue weighted by molar-refractivity contribution is 7.99. The third-order valence-electron chi connectivity index (χ3n) is 5.17. The summed E-state index contributed by atoms with van der Waals surface area (Å²) in [6.45, 7) is 3.86. The summed E-state index contributed by atoms with van der Waals surface area (Å²) in [5.74, 6) is 0.608. The van der Waals surface area contributed by atoms with E-state index in [1.807, 2.05) is 48.5 Å². The number of methoxy groups -OCH3 is 1. The number of anilines is 1. The Morgan fingerprint density at radius 1 is 1.20 bits per heavy atom. The van der Waals surface area contributed by atoms with E-state index >= 15 is 0 Å². The highest BCUT2D eigenvalue weighted by atomic mass is 35.5. The van der Waals surface area contributed by atoms with Crippen LogP contribution < -0.4 is 9.64 Å². The second-order valence-corrected chi connectivity index (χ2v) is 8.68. The van der Waals surface area contributed by atoms with Crippen molar-refractivity contribution in [3.05, 3.63) is 54.1 Å². The average Bonchev–Trinajstić information content (AvgIpc) is 2.87. The number of amides is 1. The van der Waals surface area contributed by atoms with Gasteiger partial charge in [0.05, 0.1) is 18.0 Å². The Kier molecular flexibility index (Phi) is 7.67. The molecular formula is C23H26ClNO4S. The van der Waals surface area contributed by atoms with Crippen molar-refractivity contribution in [3.8, 4) is 5.75 Å². The van der Waals surface area contributed by atoms with Gasteiger partial charge in [-0.05, 0) is 35.7 Å². The number of hydrogen-bond donors (Lipinski definition) is 0. The Morgan fingerprint density at radius 3 is 2.50 bits per heavy atom. The molecule has 2 aromatic carbocycles. The van der Waals surface area contributed by atoms with Gasteiger partial charge >= 0.3 is 5.97 Å². The van der Waals surface area contributed by atoms with Gasteiger partial charge in [-0.25, -0.2) is 0 Å². The van der Waals surface area contributed by atoms with Crippen molar-refractivity contribution in [1.82, 2.24) is 0 Å². The van der Waals surface area contributed by atoms with Crippen LogP contribution in [0.15, 0.2) is 53.4 Å². The van der Waals surface area contributed by atoms with E-state index in [0.717, 1.165) is 28.3 Å². The first kappa shape index (κ1) is 22.5. The van der Waals surface area contributed by atoms with Crippen LogP contribution in [0.1, 0.15) is 31.1 Å². The number of rotatable bonds is 7. The molecule has 0 saturated heterocycles. The third kappa shape index (κ3) is 4.93. The maximum Gasteiger partial charge on any atom is 0.303 e. The summed E-state index contributed by atoms with van der Waals surface area (Å²) in [5, 5.41) is -0.380. The molecule has 1 heterocycles. The Morgan fingerprint density at radius 2 is 1.90 bits per heavy atom. The number of ether oxygens (including phenoxy) is 2. The van der Waals surface area contributed by atoms with Crippen LogP contribution in [0, 0.1) is 5.92 Å². The molecule has 0 bridgehead atoms. The Balaban J connectivity index is 2.08. The van der Waals surface area contributed by atoms with Crippen LogP contribution in [0.25, 0.3) is 0 Å². The van der Waals surface area contributed by atoms with E-state index in [-0.39, 0.29) is 17.1 Å². The first-order valence-corrected chi connectivity index (χ1v) is 11.3. The van der Waals surface area contributed by atoms with Crippen LogP contribution in [0.2, 0.25) is 0 Å². The molecule has 3 unspecified atom stereocenters. The molecule has 30 heavy (non-hydrogen) atoms. The van der Waals surface area contributed by atoms with Crippen LogP contribution in [0.4, 0.5) is 5.69 Å². The molecule has 1 aliphatic heterocycles. The molecule has 0 radical (unpaired) electrons. The molecule has 0 fully saturated rings. The summed E-state index contributed by atoms with van der Waals surface area (Å²) in [6, 6.07) is 15.3. The summed E-state index contributed by atoms with van der Waals surface area (Å²) >= 11 is 7.67. The average molecular weight is 448 g/mol. The summed E-state index contributed by atoms with van der Waals surface area (Å²) < 4.78 is 10.9. The number of carbonyl (C=O) groups excluding carboxylic acids is 2. The standard InChI is InChI=1S/C23H26ClNO4S/c1-4-16(13-24)14-25-19-7-5-6-8-20(19)30-22(21(23(25)27)29-15(2)26)17-9-11-18(28-3)12-10-17/h5-12,16,21-22H,4,13-14H2,1-3H3. The van der Waals surface area contributed by atoms with Gasteiger partial charge in [-0.2, -0.15) is 0 Å². The lowest BCUT2D eigenvalue weighted by molar-refractivity contribution is -0.152. The number of alkyl halides is 1. The second-order valence-electron chi connectivity index (χ2n) is 7.19. The van der Waals surface area contributed by atoms with Crippen LogP contribution >= 0.6 is 23.4 Å². The number of esters is 1. The fraction of sp³-hybridized carbons (Fsp3) is 0.391. The number of benzene rings is 2. The predicted molar refractivity (Wildman–Crippen MR) is 120 cm³/mol. The molecule has 7 heteroatoms. The Hall–Kier alpha value is -2.18. The van der Waals surface area contributed by atoms with Crippen LogP contribution in [0.5, 0.6) is 5.75 Å². The molecule has 1 aliphatic rings. The third-order valence-corrected chi connectivity index (χ3v) is 6.98. The minimum atomic E-state index is -0.943. The molecule has 0 N–H and O–H groups in total. The van der Waals surface area contributed by atoms with Crippen molar-refractivity contribution >= 4 is 40.9 Å². The maximum absolute atomic E-state index is 13.7. The number of halogens is 1. The molecule has 3 rings (SSSR count). The van der Waals surface area contributed by atoms with E-state index in [2.05, 4.69) is 6.92 Å². The van der Waals surface area contributed by atoms with E-state index < -0.39 is 12.1 Å². The first-order chi connectivity index (χ1) is 14.5. The van der Waals surface area contributed by atoms with E-state index in [9.17, 15) is 9.59 Å². The number of fused-ring (bicyclic) bond motifs is 1. The molecule has 160 valence electrons. The first-order valence-electron chi connectivity index (χ1n) is 9.92. The van der Waals surface area contributed by atoms with Gasteiger partial charge in [-0.1, -0.05) is 37.6 Å². The maximum atomic E-state index is 13.7. The molecule has 0 saturated carbocycles. The van der Waals surface area contributed by atoms with E-state index in [4.69, 9.17) is 21.1 Å². The smallest absolute Gasteiger partial charge is 0.303 e. The van der Waals surface area contributed by atoms with Gasteiger partial charge in [-0.3, -0.25) is 9.59 Å². The lowest BCUT2D eigenvalue weighted by Crippen LogP contribution is -2.45. The molecule has 3 atom stereocenters. The predicted octanol–water partition coefficient (Wildman–Crippen LogP) is 5.07. The van der Waals surface area contributed by atoms with E-state index in [0.29, 0.717) is 12.4 Å². The number of hydrogen-bond acceptors (Lipinski definition) is 5. The Labute approximate surface area is 186 Å². The molecule has 0 aliphatic carbocycles. The molecule has 0 aromatic heterocycles. The van der Waals surface area contributed by atoms with Crippen molar-refractivity contribution in [2.24, 2.45) is 5.92 Å². The minimum Gasteiger partial charge on any atom is -0.497 e. The van der Waals surface area contributed by atoms with Crippen molar-refractivity contribution in [2.75, 3.05) is 24.4 Å². The van der Waals surface area contributed by atoms with Gasteiger partial charge in [0.2, 0.25) is 0 Å². The van der Waals surface area contributed by atoms with Gasteiger partial charge in [0.15, 0.2) is 6.10 Å². The fourth-order valence-corrected chi connectivity index (χ4v) is 5.08. The zero-order valence-corrected chi connectivity index (χ0v) is 18.9. The zero-order chi connectivity index (χ0) is 21.7. The van der Waals surface area contributed by atoms with Gasteiger partial charge in [0, 0.05) is 24.2 Å². The number of nitrogens with zero attached hydrogens (tertiary/aromatic N) is 1. The highest BCUT2D eigenvalue weighted by Crippen LogP contribution is 2.47. The molecule has 2 aromatic rings. The molecular weight excluding hydrogens is 422 g/mol. The van der Waals surface area contributed by atoms with Gasteiger partial charge in [0.1, 0.15) is 5.75 Å². The van der Waals surface area contributed by atoms with Crippen LogP contribution in [-0.4, -0.2) is 37.5 Å². The molecule has 1 amide bonds. The SMILES string of the molecule is CCC(CCl)CN1C(=O)C(OC(C)=O)C(c2ccc(OC)cc2)Sc2ccccc21. The van der Waals surface area contributed by atoms with Crippen molar-refractivity contribution in [2.45, 2.75) is 36.5 Å². The quantitative estimate of drug-likeness (QED) is 0.438. The topological polar surface area (TPSA) is 55.8 Å². The Bertz CT molecular complexity index is 885.